The fourth-order valence-electron chi connectivity index (χ4n) is 1.44. The van der Waals surface area contributed by atoms with Crippen molar-refractivity contribution in [1.82, 2.24) is 19.0 Å². The summed E-state index contributed by atoms with van der Waals surface area (Å²) < 4.78 is 13.0. The number of nitrogens with zero attached hydrogens (tertiary/aromatic N) is 3. The van der Waals surface area contributed by atoms with Crippen molar-refractivity contribution in [2.45, 2.75) is 25.5 Å². The zero-order valence-electron chi connectivity index (χ0n) is 10.7. The van der Waals surface area contributed by atoms with Gasteiger partial charge in [-0.3, -0.25) is 0 Å². The van der Waals surface area contributed by atoms with Gasteiger partial charge in [-0.15, -0.1) is 15.7 Å². The molecule has 2 aromatic rings. The number of rotatable bonds is 7. The largest absolute Gasteiger partial charge is 0.473 e. The zero-order valence-corrected chi connectivity index (χ0v) is 12.4. The Bertz CT molecular complexity index is 473. The number of ether oxygens (including phenoxy) is 1. The number of aromatic nitrogens is 3. The smallest absolute Gasteiger partial charge is 0.245 e. The van der Waals surface area contributed by atoms with E-state index in [9.17, 15) is 5.11 Å². The predicted molar refractivity (Wildman–Crippen MR) is 74.6 cm³/mol. The maximum atomic E-state index is 9.86. The van der Waals surface area contributed by atoms with Crippen molar-refractivity contribution in [1.29, 1.82) is 0 Å². The molecule has 0 aliphatic carbocycles. The quantitative estimate of drug-likeness (QED) is 0.801. The van der Waals surface area contributed by atoms with E-state index in [1.165, 1.54) is 6.20 Å². The first-order valence-electron chi connectivity index (χ1n) is 5.81. The van der Waals surface area contributed by atoms with Crippen LogP contribution in [0.5, 0.6) is 5.88 Å². The Morgan fingerprint density at radius 1 is 1.53 bits per heavy atom. The average Bonchev–Trinajstić information content (AvgIpc) is 3.06. The van der Waals surface area contributed by atoms with E-state index in [0.717, 1.165) is 16.7 Å². The summed E-state index contributed by atoms with van der Waals surface area (Å²) in [5.41, 5.74) is -0.267. The molecule has 8 heteroatoms. The first-order chi connectivity index (χ1) is 9.08. The van der Waals surface area contributed by atoms with Crippen LogP contribution < -0.4 is 10.1 Å². The van der Waals surface area contributed by atoms with E-state index in [2.05, 4.69) is 19.0 Å². The molecule has 2 heterocycles. The average molecular weight is 300 g/mol. The summed E-state index contributed by atoms with van der Waals surface area (Å²) in [5, 5.41) is 16.1. The lowest BCUT2D eigenvalue weighted by Crippen LogP contribution is -2.42. The molecule has 0 saturated carbocycles. The predicted octanol–water partition coefficient (Wildman–Crippen LogP) is 1.26. The van der Waals surface area contributed by atoms with Crippen molar-refractivity contribution in [2.24, 2.45) is 0 Å². The molecule has 2 aromatic heterocycles. The molecule has 0 saturated heterocycles. The third kappa shape index (κ3) is 4.20. The van der Waals surface area contributed by atoms with Crippen molar-refractivity contribution in [2.75, 3.05) is 13.2 Å². The minimum absolute atomic E-state index is 0.187. The first kappa shape index (κ1) is 14.3. The summed E-state index contributed by atoms with van der Waals surface area (Å²) >= 11 is 2.67. The Balaban J connectivity index is 1.75. The van der Waals surface area contributed by atoms with E-state index in [1.807, 2.05) is 19.2 Å². The maximum absolute atomic E-state index is 9.86. The topological polar surface area (TPSA) is 80.2 Å². The van der Waals surface area contributed by atoms with Gasteiger partial charge in [0.15, 0.2) is 0 Å². The van der Waals surface area contributed by atoms with Crippen molar-refractivity contribution < 1.29 is 9.84 Å². The summed E-state index contributed by atoms with van der Waals surface area (Å²) in [5.74, 6) is 0.447. The lowest BCUT2D eigenvalue weighted by molar-refractivity contribution is 0.0969. The molecule has 2 rings (SSSR count). The molecule has 0 amide bonds. The van der Waals surface area contributed by atoms with Crippen LogP contribution in [0.15, 0.2) is 17.8 Å². The highest BCUT2D eigenvalue weighted by atomic mass is 32.1. The summed E-state index contributed by atoms with van der Waals surface area (Å²) in [6, 6.07) is 0. The zero-order chi connectivity index (χ0) is 13.7. The van der Waals surface area contributed by atoms with Crippen LogP contribution in [0.3, 0.4) is 0 Å². The second kappa shape index (κ2) is 6.38. The molecule has 19 heavy (non-hydrogen) atoms. The van der Waals surface area contributed by atoms with Crippen LogP contribution in [0.25, 0.3) is 0 Å². The summed E-state index contributed by atoms with van der Waals surface area (Å²) in [6.07, 6.45) is 2.70. The molecule has 0 aliphatic heterocycles. The summed E-state index contributed by atoms with van der Waals surface area (Å²) in [7, 11) is 0. The molecule has 104 valence electrons. The van der Waals surface area contributed by atoms with Crippen LogP contribution in [0.2, 0.25) is 0 Å². The molecule has 0 fully saturated rings. The summed E-state index contributed by atoms with van der Waals surface area (Å²) in [6.45, 7) is 4.67. The highest BCUT2D eigenvalue weighted by Gasteiger charge is 2.23. The van der Waals surface area contributed by atoms with Crippen molar-refractivity contribution in [3.8, 4) is 5.88 Å². The van der Waals surface area contributed by atoms with Gasteiger partial charge in [-0.2, -0.15) is 4.37 Å². The minimum atomic E-state index is -0.610. The SMILES string of the molecule is CC(C)(NCC(O)COc1cnsn1)c1nccs1. The van der Waals surface area contributed by atoms with Gasteiger partial charge in [0.25, 0.3) is 0 Å². The van der Waals surface area contributed by atoms with Crippen LogP contribution in [-0.2, 0) is 5.54 Å². The van der Waals surface area contributed by atoms with E-state index in [1.54, 1.807) is 17.5 Å². The third-order valence-electron chi connectivity index (χ3n) is 2.51. The molecule has 0 aliphatic rings. The Hall–Kier alpha value is -1.09. The Morgan fingerprint density at radius 3 is 3.00 bits per heavy atom. The van der Waals surface area contributed by atoms with Crippen molar-refractivity contribution >= 4 is 23.1 Å². The lowest BCUT2D eigenvalue weighted by Gasteiger charge is -2.25. The van der Waals surface area contributed by atoms with Gasteiger partial charge in [-0.25, -0.2) is 4.98 Å². The molecular formula is C11H16N4O2S2. The molecule has 0 radical (unpaired) electrons. The highest BCUT2D eigenvalue weighted by molar-refractivity contribution is 7.09. The third-order valence-corrected chi connectivity index (χ3v) is 4.07. The van der Waals surface area contributed by atoms with Gasteiger partial charge in [0.05, 0.1) is 17.3 Å². The monoisotopic (exact) mass is 300 g/mol. The van der Waals surface area contributed by atoms with Crippen molar-refractivity contribution in [3.05, 3.63) is 22.8 Å². The number of aliphatic hydroxyl groups excluding tert-OH is 1. The van der Waals surface area contributed by atoms with Gasteiger partial charge in [0, 0.05) is 18.1 Å². The number of nitrogens with one attached hydrogen (secondary N) is 1. The number of hydrogen-bond acceptors (Lipinski definition) is 8. The normalized spacial score (nSPS) is 13.4. The minimum Gasteiger partial charge on any atom is -0.473 e. The van der Waals surface area contributed by atoms with Gasteiger partial charge in [0.2, 0.25) is 5.88 Å². The fourth-order valence-corrected chi connectivity index (χ4v) is 2.54. The van der Waals surface area contributed by atoms with E-state index >= 15 is 0 Å². The molecule has 0 spiro atoms. The first-order valence-corrected chi connectivity index (χ1v) is 7.42. The lowest BCUT2D eigenvalue weighted by atomic mass is 10.1. The van der Waals surface area contributed by atoms with Crippen LogP contribution in [0, 0.1) is 0 Å². The fraction of sp³-hybridized carbons (Fsp3) is 0.545. The standard InChI is InChI=1S/C11H16N4O2S2/c1-11(2,10-12-3-4-18-10)13-5-8(16)7-17-9-6-14-19-15-9/h3-4,6,8,13,16H,5,7H2,1-2H3. The molecular weight excluding hydrogens is 284 g/mol. The Morgan fingerprint density at radius 2 is 2.37 bits per heavy atom. The number of thiazole rings is 1. The van der Waals surface area contributed by atoms with E-state index in [0.29, 0.717) is 12.4 Å². The Kier molecular flexibility index (Phi) is 4.81. The molecule has 2 N–H and O–H groups in total. The van der Waals surface area contributed by atoms with E-state index in [4.69, 9.17) is 4.74 Å². The van der Waals surface area contributed by atoms with Gasteiger partial charge in [0.1, 0.15) is 23.9 Å². The highest BCUT2D eigenvalue weighted by Crippen LogP contribution is 2.21. The number of hydrogen-bond donors (Lipinski definition) is 2. The molecule has 1 atom stereocenters. The van der Waals surface area contributed by atoms with E-state index in [-0.39, 0.29) is 12.1 Å². The van der Waals surface area contributed by atoms with Crippen LogP contribution in [0.4, 0.5) is 0 Å². The van der Waals surface area contributed by atoms with Crippen LogP contribution in [0.1, 0.15) is 18.9 Å². The second-order valence-electron chi connectivity index (χ2n) is 4.55. The molecule has 0 bridgehead atoms. The number of aliphatic hydroxyl groups is 1. The van der Waals surface area contributed by atoms with Crippen LogP contribution >= 0.6 is 23.1 Å². The van der Waals surface area contributed by atoms with Gasteiger partial charge >= 0.3 is 0 Å². The van der Waals surface area contributed by atoms with E-state index < -0.39 is 6.10 Å². The molecule has 6 nitrogen and oxygen atoms in total. The van der Waals surface area contributed by atoms with Crippen LogP contribution in [-0.4, -0.2) is 38.1 Å². The van der Waals surface area contributed by atoms with Gasteiger partial charge in [-0.1, -0.05) is 0 Å². The maximum Gasteiger partial charge on any atom is 0.245 e. The second-order valence-corrected chi connectivity index (χ2v) is 6.00. The molecule has 1 unspecified atom stereocenters. The van der Waals surface area contributed by atoms with Gasteiger partial charge in [-0.05, 0) is 13.8 Å². The summed E-state index contributed by atoms with van der Waals surface area (Å²) in [4.78, 5) is 4.28. The Labute approximate surface area is 119 Å². The van der Waals surface area contributed by atoms with Crippen molar-refractivity contribution in [3.63, 3.8) is 0 Å². The van der Waals surface area contributed by atoms with Gasteiger partial charge < -0.3 is 15.2 Å². The molecule has 0 aromatic carbocycles.